The molecule has 1 N–H and O–H groups in total. The molecule has 0 spiro atoms. The summed E-state index contributed by atoms with van der Waals surface area (Å²) in [6.45, 7) is 6.47. The van der Waals surface area contributed by atoms with Crippen LogP contribution in [0.3, 0.4) is 0 Å². The number of benzene rings is 1. The zero-order chi connectivity index (χ0) is 14.2. The van der Waals surface area contributed by atoms with Gasteiger partial charge in [0.1, 0.15) is 0 Å². The summed E-state index contributed by atoms with van der Waals surface area (Å²) in [5.41, 5.74) is 1.13. The molecule has 0 aromatic heterocycles. The zero-order valence-corrected chi connectivity index (χ0v) is 11.7. The second kappa shape index (κ2) is 8.29. The lowest BCUT2D eigenvalue weighted by Gasteiger charge is -2.26. The molecule has 0 saturated carbocycles. The highest BCUT2D eigenvalue weighted by atomic mass is 19.3. The van der Waals surface area contributed by atoms with Crippen LogP contribution < -0.4 is 5.32 Å². The molecule has 0 radical (unpaired) electrons. The van der Waals surface area contributed by atoms with Gasteiger partial charge in [-0.15, -0.1) is 0 Å². The second-order valence-corrected chi connectivity index (χ2v) is 5.03. The Hall–Kier alpha value is -1.04. The molecule has 20 heavy (non-hydrogen) atoms. The number of nitrogens with zero attached hydrogens (tertiary/aromatic N) is 1. The van der Waals surface area contributed by atoms with Gasteiger partial charge in [-0.3, -0.25) is 4.90 Å². The first kappa shape index (κ1) is 15.4. The average molecular weight is 284 g/mol. The first-order valence-electron chi connectivity index (χ1n) is 7.13. The molecule has 112 valence electrons. The van der Waals surface area contributed by atoms with Crippen molar-refractivity contribution in [3.8, 4) is 0 Å². The Morgan fingerprint density at radius 3 is 2.50 bits per heavy atom. The van der Waals surface area contributed by atoms with E-state index >= 15 is 0 Å². The summed E-state index contributed by atoms with van der Waals surface area (Å²) in [6, 6.07) is 6.51. The van der Waals surface area contributed by atoms with Crippen molar-refractivity contribution < 1.29 is 13.5 Å². The minimum absolute atomic E-state index is 0.0843. The van der Waals surface area contributed by atoms with Gasteiger partial charge >= 0.3 is 0 Å². The van der Waals surface area contributed by atoms with E-state index in [9.17, 15) is 8.78 Å². The summed E-state index contributed by atoms with van der Waals surface area (Å²) >= 11 is 0. The number of ether oxygens (including phenoxy) is 1. The van der Waals surface area contributed by atoms with E-state index in [-0.39, 0.29) is 5.56 Å². The third kappa shape index (κ3) is 5.15. The van der Waals surface area contributed by atoms with Crippen LogP contribution in [0.25, 0.3) is 0 Å². The Bertz CT molecular complexity index is 378. The molecule has 0 aliphatic carbocycles. The van der Waals surface area contributed by atoms with Crippen molar-refractivity contribution in [1.82, 2.24) is 10.2 Å². The largest absolute Gasteiger partial charge is 0.379 e. The maximum absolute atomic E-state index is 12.4. The van der Waals surface area contributed by atoms with Crippen LogP contribution in [-0.4, -0.2) is 44.3 Å². The molecule has 1 aliphatic heterocycles. The Labute approximate surface area is 118 Å². The van der Waals surface area contributed by atoms with Crippen LogP contribution in [-0.2, 0) is 11.3 Å². The summed E-state index contributed by atoms with van der Waals surface area (Å²) in [7, 11) is 0. The molecule has 5 heteroatoms. The monoisotopic (exact) mass is 284 g/mol. The number of halogens is 2. The third-order valence-electron chi connectivity index (χ3n) is 3.49. The highest BCUT2D eigenvalue weighted by Gasteiger charge is 2.09. The van der Waals surface area contributed by atoms with Gasteiger partial charge in [0, 0.05) is 25.2 Å². The number of hydrogen-bond donors (Lipinski definition) is 1. The molecule has 1 aromatic rings. The SMILES string of the molecule is FC(F)c1ccc(CNCCCN2CCOCC2)cc1. The van der Waals surface area contributed by atoms with Gasteiger partial charge in [0.05, 0.1) is 13.2 Å². The van der Waals surface area contributed by atoms with E-state index in [0.717, 1.165) is 57.9 Å². The van der Waals surface area contributed by atoms with E-state index in [1.54, 1.807) is 12.1 Å². The van der Waals surface area contributed by atoms with Gasteiger partial charge in [-0.05, 0) is 25.1 Å². The summed E-state index contributed by atoms with van der Waals surface area (Å²) in [6.07, 6.45) is -1.29. The molecule has 1 aliphatic rings. The smallest absolute Gasteiger partial charge is 0.263 e. The lowest BCUT2D eigenvalue weighted by atomic mass is 10.1. The molecule has 3 nitrogen and oxygen atoms in total. The van der Waals surface area contributed by atoms with Crippen LogP contribution in [0.4, 0.5) is 8.78 Å². The van der Waals surface area contributed by atoms with Crippen molar-refractivity contribution in [3.05, 3.63) is 35.4 Å². The molecule has 1 saturated heterocycles. The van der Waals surface area contributed by atoms with Crippen LogP contribution in [0.15, 0.2) is 24.3 Å². The number of morpholine rings is 1. The average Bonchev–Trinajstić information content (AvgIpc) is 2.48. The van der Waals surface area contributed by atoms with E-state index in [1.165, 1.54) is 12.1 Å². The molecular weight excluding hydrogens is 262 g/mol. The van der Waals surface area contributed by atoms with Gasteiger partial charge in [-0.1, -0.05) is 24.3 Å². The zero-order valence-electron chi connectivity index (χ0n) is 11.7. The Morgan fingerprint density at radius 2 is 1.85 bits per heavy atom. The van der Waals surface area contributed by atoms with Gasteiger partial charge in [0.15, 0.2) is 0 Å². The van der Waals surface area contributed by atoms with E-state index in [0.29, 0.717) is 0 Å². The molecule has 0 amide bonds. The van der Waals surface area contributed by atoms with E-state index in [1.807, 2.05) is 0 Å². The fraction of sp³-hybridized carbons (Fsp3) is 0.600. The topological polar surface area (TPSA) is 24.5 Å². The normalized spacial score (nSPS) is 16.8. The molecule has 1 fully saturated rings. The molecule has 1 heterocycles. The Balaban J connectivity index is 1.58. The fourth-order valence-corrected chi connectivity index (χ4v) is 2.27. The van der Waals surface area contributed by atoms with Crippen LogP contribution in [0.2, 0.25) is 0 Å². The van der Waals surface area contributed by atoms with E-state index in [2.05, 4.69) is 10.2 Å². The van der Waals surface area contributed by atoms with Gasteiger partial charge in [-0.2, -0.15) is 0 Å². The maximum Gasteiger partial charge on any atom is 0.263 e. The second-order valence-electron chi connectivity index (χ2n) is 5.03. The van der Waals surface area contributed by atoms with Crippen LogP contribution in [0.1, 0.15) is 24.0 Å². The van der Waals surface area contributed by atoms with Gasteiger partial charge in [0.25, 0.3) is 6.43 Å². The first-order chi connectivity index (χ1) is 9.75. The predicted octanol–water partition coefficient (Wildman–Crippen LogP) is 2.44. The maximum atomic E-state index is 12.4. The molecule has 0 atom stereocenters. The van der Waals surface area contributed by atoms with Crippen molar-refractivity contribution in [1.29, 1.82) is 0 Å². The van der Waals surface area contributed by atoms with Crippen molar-refractivity contribution in [2.75, 3.05) is 39.4 Å². The molecular formula is C15H22F2N2O. The van der Waals surface area contributed by atoms with Crippen molar-refractivity contribution >= 4 is 0 Å². The summed E-state index contributed by atoms with van der Waals surface area (Å²) < 4.78 is 30.1. The first-order valence-corrected chi connectivity index (χ1v) is 7.13. The van der Waals surface area contributed by atoms with Crippen molar-refractivity contribution in [2.24, 2.45) is 0 Å². The Kier molecular flexibility index (Phi) is 6.36. The molecule has 0 bridgehead atoms. The van der Waals surface area contributed by atoms with Crippen molar-refractivity contribution in [2.45, 2.75) is 19.4 Å². The van der Waals surface area contributed by atoms with Gasteiger partial charge < -0.3 is 10.1 Å². The van der Waals surface area contributed by atoms with Crippen LogP contribution >= 0.6 is 0 Å². The summed E-state index contributed by atoms with van der Waals surface area (Å²) in [5.74, 6) is 0. The summed E-state index contributed by atoms with van der Waals surface area (Å²) in [4.78, 5) is 2.41. The summed E-state index contributed by atoms with van der Waals surface area (Å²) in [5, 5.41) is 3.34. The fourth-order valence-electron chi connectivity index (χ4n) is 2.27. The van der Waals surface area contributed by atoms with Crippen LogP contribution in [0.5, 0.6) is 0 Å². The molecule has 1 aromatic carbocycles. The van der Waals surface area contributed by atoms with E-state index < -0.39 is 6.43 Å². The number of nitrogens with one attached hydrogen (secondary N) is 1. The van der Waals surface area contributed by atoms with Crippen LogP contribution in [0, 0.1) is 0 Å². The minimum atomic E-state index is -2.38. The number of rotatable bonds is 7. The van der Waals surface area contributed by atoms with Crippen molar-refractivity contribution in [3.63, 3.8) is 0 Å². The Morgan fingerprint density at radius 1 is 1.15 bits per heavy atom. The molecule has 2 rings (SSSR count). The molecule has 0 unspecified atom stereocenters. The third-order valence-corrected chi connectivity index (χ3v) is 3.49. The number of hydrogen-bond acceptors (Lipinski definition) is 3. The van der Waals surface area contributed by atoms with Gasteiger partial charge in [-0.25, -0.2) is 8.78 Å². The predicted molar refractivity (Wildman–Crippen MR) is 75.0 cm³/mol. The number of alkyl halides is 2. The lowest BCUT2D eigenvalue weighted by Crippen LogP contribution is -2.37. The standard InChI is InChI=1S/C15H22F2N2O/c16-15(17)14-4-2-13(3-5-14)12-18-6-1-7-19-8-10-20-11-9-19/h2-5,15,18H,1,6-12H2. The van der Waals surface area contributed by atoms with Gasteiger partial charge in [0.2, 0.25) is 0 Å². The highest BCUT2D eigenvalue weighted by molar-refractivity contribution is 5.23. The van der Waals surface area contributed by atoms with E-state index in [4.69, 9.17) is 4.74 Å². The minimum Gasteiger partial charge on any atom is -0.379 e. The quantitative estimate of drug-likeness (QED) is 0.778. The lowest BCUT2D eigenvalue weighted by molar-refractivity contribution is 0.0374. The highest BCUT2D eigenvalue weighted by Crippen LogP contribution is 2.18.